The molecule has 0 bridgehead atoms. The Morgan fingerprint density at radius 1 is 0.839 bits per heavy atom. The van der Waals surface area contributed by atoms with E-state index >= 15 is 0 Å². The molecule has 0 spiro atoms. The number of ether oxygens (including phenoxy) is 2. The van der Waals surface area contributed by atoms with Gasteiger partial charge >= 0.3 is 0 Å². The number of sulfone groups is 1. The van der Waals surface area contributed by atoms with Crippen LogP contribution in [0.1, 0.15) is 64.2 Å². The Kier molecular flexibility index (Phi) is 7.48. The smallest absolute Gasteiger partial charge is 0.159 e. The molecule has 1 fully saturated rings. The summed E-state index contributed by atoms with van der Waals surface area (Å²) in [4.78, 5) is 0. The van der Waals surface area contributed by atoms with Gasteiger partial charge in [0.2, 0.25) is 0 Å². The van der Waals surface area contributed by atoms with Gasteiger partial charge in [-0.1, -0.05) is 36.4 Å². The minimum Gasteiger partial charge on any atom is -0.490 e. The molecule has 31 heavy (non-hydrogen) atoms. The zero-order valence-electron chi connectivity index (χ0n) is 19.4. The van der Waals surface area contributed by atoms with Gasteiger partial charge in [-0.2, -0.15) is 0 Å². The van der Waals surface area contributed by atoms with Crippen LogP contribution >= 0.6 is 0 Å². The highest BCUT2D eigenvalue weighted by Gasteiger charge is 2.29. The second kappa shape index (κ2) is 9.74. The van der Waals surface area contributed by atoms with E-state index in [2.05, 4.69) is 38.1 Å². The molecule has 0 amide bonds. The van der Waals surface area contributed by atoms with Crippen LogP contribution in [0.5, 0.6) is 5.75 Å². The van der Waals surface area contributed by atoms with Gasteiger partial charge in [-0.05, 0) is 76.3 Å². The molecule has 0 radical (unpaired) electrons. The summed E-state index contributed by atoms with van der Waals surface area (Å²) in [6.07, 6.45) is 4.41. The Hall–Kier alpha value is -1.85. The molecule has 170 valence electrons. The van der Waals surface area contributed by atoms with Gasteiger partial charge in [0.05, 0.1) is 22.7 Å². The van der Waals surface area contributed by atoms with Crippen LogP contribution in [-0.4, -0.2) is 31.5 Å². The van der Waals surface area contributed by atoms with E-state index in [0.717, 1.165) is 37.0 Å². The molecule has 2 atom stereocenters. The molecule has 3 rings (SSSR count). The topological polar surface area (TPSA) is 52.6 Å². The summed E-state index contributed by atoms with van der Waals surface area (Å²) in [5, 5.41) is 0. The van der Waals surface area contributed by atoms with Crippen molar-refractivity contribution in [1.82, 2.24) is 0 Å². The van der Waals surface area contributed by atoms with Crippen molar-refractivity contribution in [1.29, 1.82) is 0 Å². The third kappa shape index (κ3) is 6.81. The van der Waals surface area contributed by atoms with Gasteiger partial charge < -0.3 is 9.47 Å². The summed E-state index contributed by atoms with van der Waals surface area (Å²) >= 11 is 0. The lowest BCUT2D eigenvalue weighted by molar-refractivity contribution is -0.0721. The lowest BCUT2D eigenvalue weighted by Crippen LogP contribution is -2.35. The molecule has 0 saturated carbocycles. The molecule has 0 N–H and O–H groups in total. The largest absolute Gasteiger partial charge is 0.490 e. The summed E-state index contributed by atoms with van der Waals surface area (Å²) in [7, 11) is -3.16. The fourth-order valence-electron chi connectivity index (χ4n) is 3.89. The molecule has 0 aliphatic carbocycles. The van der Waals surface area contributed by atoms with Gasteiger partial charge in [-0.15, -0.1) is 0 Å². The Balaban J connectivity index is 1.51. The predicted molar refractivity (Wildman–Crippen MR) is 126 cm³/mol. The molecule has 1 aliphatic heterocycles. The predicted octanol–water partition coefficient (Wildman–Crippen LogP) is 5.52. The fourth-order valence-corrected chi connectivity index (χ4v) is 4.96. The van der Waals surface area contributed by atoms with Crippen molar-refractivity contribution < 1.29 is 17.9 Å². The van der Waals surface area contributed by atoms with Crippen molar-refractivity contribution in [3.05, 3.63) is 65.2 Å². The average Bonchev–Trinajstić information content (AvgIpc) is 2.67. The second-order valence-corrected chi connectivity index (χ2v) is 12.5. The molecule has 1 saturated heterocycles. The molecule has 0 aromatic heterocycles. The van der Waals surface area contributed by atoms with Crippen LogP contribution in [0, 0.1) is 0 Å². The van der Waals surface area contributed by atoms with Crippen LogP contribution in [0.15, 0.2) is 48.5 Å². The highest BCUT2D eigenvalue weighted by Crippen LogP contribution is 2.25. The normalized spacial score (nSPS) is 22.3. The number of hydrogen-bond acceptors (Lipinski definition) is 4. The maximum Gasteiger partial charge on any atom is 0.159 e. The van der Waals surface area contributed by atoms with E-state index in [4.69, 9.17) is 9.47 Å². The summed E-state index contributed by atoms with van der Waals surface area (Å²) in [5.74, 6) is 1.00. The van der Waals surface area contributed by atoms with Crippen molar-refractivity contribution >= 4 is 9.84 Å². The molecule has 4 nitrogen and oxygen atoms in total. The highest BCUT2D eigenvalue weighted by molar-refractivity contribution is 7.91. The van der Waals surface area contributed by atoms with Gasteiger partial charge in [0.25, 0.3) is 0 Å². The van der Waals surface area contributed by atoms with Gasteiger partial charge in [0.1, 0.15) is 11.9 Å². The molecule has 2 unspecified atom stereocenters. The van der Waals surface area contributed by atoms with Gasteiger partial charge in [-0.25, -0.2) is 8.42 Å². The van der Waals surface area contributed by atoms with E-state index in [-0.39, 0.29) is 24.1 Å². The first-order valence-electron chi connectivity index (χ1n) is 11.2. The molecular formula is C26H36O4S. The van der Waals surface area contributed by atoms with E-state index in [1.54, 1.807) is 20.8 Å². The molecule has 5 heteroatoms. The standard InChI is InChI=1S/C26H36O4S/c1-19-16-25(17-20(2)29-19)30-24-14-12-22(13-15-24)7-6-21-8-10-23(11-9-21)18-31(27,28)26(3,4)5/h8-15,19-20,25H,6-7,16-18H2,1-5H3. The Morgan fingerprint density at radius 2 is 1.29 bits per heavy atom. The first-order chi connectivity index (χ1) is 14.5. The molecule has 1 aliphatic rings. The number of hydrogen-bond donors (Lipinski definition) is 0. The number of benzene rings is 2. The van der Waals surface area contributed by atoms with E-state index in [1.165, 1.54) is 11.1 Å². The fraction of sp³-hybridized carbons (Fsp3) is 0.538. The molecular weight excluding hydrogens is 408 g/mol. The van der Waals surface area contributed by atoms with Crippen molar-refractivity contribution in [2.45, 2.75) is 89.1 Å². The zero-order chi connectivity index (χ0) is 22.6. The van der Waals surface area contributed by atoms with Crippen molar-refractivity contribution in [3.63, 3.8) is 0 Å². The monoisotopic (exact) mass is 444 g/mol. The zero-order valence-corrected chi connectivity index (χ0v) is 20.2. The van der Waals surface area contributed by atoms with E-state index in [0.29, 0.717) is 0 Å². The van der Waals surface area contributed by atoms with Gasteiger partial charge in [0.15, 0.2) is 9.84 Å². The van der Waals surface area contributed by atoms with Gasteiger partial charge in [0, 0.05) is 12.8 Å². The lowest BCUT2D eigenvalue weighted by Gasteiger charge is -2.32. The summed E-state index contributed by atoms with van der Waals surface area (Å²) in [5.41, 5.74) is 3.32. The van der Waals surface area contributed by atoms with E-state index in [1.807, 2.05) is 24.3 Å². The first kappa shape index (κ1) is 23.8. The average molecular weight is 445 g/mol. The SMILES string of the molecule is CC1CC(Oc2ccc(CCc3ccc(CS(=O)(=O)C(C)(C)C)cc3)cc2)CC(C)O1. The van der Waals surface area contributed by atoms with Gasteiger partial charge in [-0.3, -0.25) is 0 Å². The Labute approximate surface area is 187 Å². The van der Waals surface area contributed by atoms with Crippen LogP contribution in [0.4, 0.5) is 0 Å². The Bertz CT molecular complexity index is 930. The summed E-state index contributed by atoms with van der Waals surface area (Å²) in [6, 6.07) is 16.3. The molecule has 1 heterocycles. The van der Waals surface area contributed by atoms with Crippen molar-refractivity contribution in [2.24, 2.45) is 0 Å². The van der Waals surface area contributed by atoms with Crippen LogP contribution in [-0.2, 0) is 33.2 Å². The van der Waals surface area contributed by atoms with E-state index < -0.39 is 14.6 Å². The number of rotatable bonds is 7. The quantitative estimate of drug-likeness (QED) is 0.564. The molecule has 2 aromatic rings. The molecule has 2 aromatic carbocycles. The van der Waals surface area contributed by atoms with Crippen molar-refractivity contribution in [2.75, 3.05) is 0 Å². The first-order valence-corrected chi connectivity index (χ1v) is 12.9. The minimum absolute atomic E-state index is 0.0862. The second-order valence-electron chi connectivity index (χ2n) is 9.80. The van der Waals surface area contributed by atoms with E-state index in [9.17, 15) is 8.42 Å². The van der Waals surface area contributed by atoms with Crippen LogP contribution in [0.25, 0.3) is 0 Å². The minimum atomic E-state index is -3.16. The third-order valence-electron chi connectivity index (χ3n) is 5.90. The summed E-state index contributed by atoms with van der Waals surface area (Å²) < 4.78 is 36.0. The maximum absolute atomic E-state index is 12.4. The van der Waals surface area contributed by atoms with Crippen LogP contribution < -0.4 is 4.74 Å². The highest BCUT2D eigenvalue weighted by atomic mass is 32.2. The third-order valence-corrected chi connectivity index (χ3v) is 8.47. The maximum atomic E-state index is 12.4. The van der Waals surface area contributed by atoms with Crippen LogP contribution in [0.2, 0.25) is 0 Å². The summed E-state index contributed by atoms with van der Waals surface area (Å²) in [6.45, 7) is 9.45. The Morgan fingerprint density at radius 3 is 1.77 bits per heavy atom. The van der Waals surface area contributed by atoms with Crippen LogP contribution in [0.3, 0.4) is 0 Å². The lowest BCUT2D eigenvalue weighted by atomic mass is 10.0. The number of aryl methyl sites for hydroxylation is 2. The van der Waals surface area contributed by atoms with Crippen molar-refractivity contribution in [3.8, 4) is 5.75 Å².